The number of thiophene rings is 1. The van der Waals surface area contributed by atoms with Crippen LogP contribution in [0.15, 0.2) is 40.7 Å². The Bertz CT molecular complexity index is 1000. The molecule has 2 N–H and O–H groups in total. The summed E-state index contributed by atoms with van der Waals surface area (Å²) in [6.07, 6.45) is 0.671. The molecule has 0 saturated heterocycles. The average molecular weight is 389 g/mol. The minimum Gasteiger partial charge on any atom is -0.369 e. The van der Waals surface area contributed by atoms with Gasteiger partial charge >= 0.3 is 0 Å². The number of nitriles is 1. The van der Waals surface area contributed by atoms with E-state index in [1.54, 1.807) is 13.0 Å². The van der Waals surface area contributed by atoms with E-state index in [4.69, 9.17) is 11.0 Å². The van der Waals surface area contributed by atoms with Crippen LogP contribution in [0.5, 0.6) is 0 Å². The number of hydrogen-bond acceptors (Lipinski definition) is 6. The largest absolute Gasteiger partial charge is 0.369 e. The molecule has 6 nitrogen and oxygen atoms in total. The Kier molecular flexibility index (Phi) is 4.78. The van der Waals surface area contributed by atoms with Crippen molar-refractivity contribution in [3.63, 3.8) is 0 Å². The zero-order valence-corrected chi connectivity index (χ0v) is 16.3. The van der Waals surface area contributed by atoms with Crippen molar-refractivity contribution in [1.82, 2.24) is 4.31 Å². The Morgan fingerprint density at radius 1 is 1.38 bits per heavy atom. The van der Waals surface area contributed by atoms with Crippen LogP contribution in [0.2, 0.25) is 0 Å². The second-order valence-corrected chi connectivity index (χ2v) is 9.27. The van der Waals surface area contributed by atoms with Gasteiger partial charge < -0.3 is 5.73 Å². The molecule has 136 valence electrons. The summed E-state index contributed by atoms with van der Waals surface area (Å²) in [5.41, 5.74) is 7.49. The molecule has 2 heterocycles. The summed E-state index contributed by atoms with van der Waals surface area (Å²) in [4.78, 5) is 5.35. The lowest BCUT2D eigenvalue weighted by Crippen LogP contribution is -2.52. The van der Waals surface area contributed by atoms with Crippen LogP contribution in [0.1, 0.15) is 30.7 Å². The van der Waals surface area contributed by atoms with Crippen molar-refractivity contribution in [3.8, 4) is 17.2 Å². The van der Waals surface area contributed by atoms with Crippen LogP contribution in [0.3, 0.4) is 0 Å². The summed E-state index contributed by atoms with van der Waals surface area (Å²) in [6.45, 7) is 4.03. The maximum Gasteiger partial charge on any atom is 0.240 e. The lowest BCUT2D eigenvalue weighted by Gasteiger charge is -2.35. The maximum absolute atomic E-state index is 12.7. The number of nitrogens with zero attached hydrogens (tertiary/aromatic N) is 3. The van der Waals surface area contributed by atoms with Gasteiger partial charge in [0.25, 0.3) is 0 Å². The number of guanidine groups is 1. The third kappa shape index (κ3) is 3.32. The Labute approximate surface area is 157 Å². The van der Waals surface area contributed by atoms with Gasteiger partial charge in [0, 0.05) is 11.4 Å². The molecule has 1 aromatic heterocycles. The van der Waals surface area contributed by atoms with E-state index < -0.39 is 15.6 Å². The lowest BCUT2D eigenvalue weighted by atomic mass is 10.0. The van der Waals surface area contributed by atoms with E-state index in [1.807, 2.05) is 36.6 Å². The minimum absolute atomic E-state index is 0.0435. The first-order chi connectivity index (χ1) is 12.3. The number of hydrogen-bond donors (Lipinski definition) is 1. The molecule has 26 heavy (non-hydrogen) atoms. The van der Waals surface area contributed by atoms with Crippen molar-refractivity contribution in [2.24, 2.45) is 10.7 Å². The Morgan fingerprint density at radius 3 is 2.81 bits per heavy atom. The van der Waals surface area contributed by atoms with Gasteiger partial charge in [-0.2, -0.15) is 5.26 Å². The third-order valence-corrected chi connectivity index (χ3v) is 7.45. The van der Waals surface area contributed by atoms with E-state index >= 15 is 0 Å². The molecule has 1 aliphatic rings. The van der Waals surface area contributed by atoms with E-state index in [0.29, 0.717) is 18.5 Å². The minimum atomic E-state index is -3.52. The molecule has 1 aliphatic heterocycles. The molecule has 0 bridgehead atoms. The van der Waals surface area contributed by atoms with E-state index in [9.17, 15) is 8.42 Å². The smallest absolute Gasteiger partial charge is 0.240 e. The summed E-state index contributed by atoms with van der Waals surface area (Å²) in [6, 6.07) is 11.4. The highest BCUT2D eigenvalue weighted by Gasteiger charge is 2.42. The number of rotatable bonds is 4. The second kappa shape index (κ2) is 6.74. The fraction of sp³-hybridized carbons (Fsp3) is 0.333. The van der Waals surface area contributed by atoms with Crippen LogP contribution in [-0.2, 0) is 15.6 Å². The molecule has 0 saturated carbocycles. The molecular formula is C18H20N4O2S2. The SMILES string of the molecule is CCCN1C(N)=N[C@](C)(c2cc(-c3cccc(C#N)c3)cs2)CS1(=O)=O. The van der Waals surface area contributed by atoms with Gasteiger partial charge in [-0.05, 0) is 48.1 Å². The fourth-order valence-electron chi connectivity index (χ4n) is 3.04. The van der Waals surface area contributed by atoms with Crippen molar-refractivity contribution >= 4 is 27.3 Å². The zero-order chi connectivity index (χ0) is 18.9. The third-order valence-electron chi connectivity index (χ3n) is 4.30. The van der Waals surface area contributed by atoms with E-state index in [1.165, 1.54) is 15.6 Å². The van der Waals surface area contributed by atoms with Crippen molar-refractivity contribution in [2.45, 2.75) is 25.8 Å². The van der Waals surface area contributed by atoms with Gasteiger partial charge in [-0.3, -0.25) is 0 Å². The molecule has 3 rings (SSSR count). The number of nitrogens with two attached hydrogens (primary N) is 1. The molecule has 0 fully saturated rings. The van der Waals surface area contributed by atoms with Crippen molar-refractivity contribution < 1.29 is 8.42 Å². The maximum atomic E-state index is 12.7. The zero-order valence-electron chi connectivity index (χ0n) is 14.6. The van der Waals surface area contributed by atoms with Crippen LogP contribution >= 0.6 is 11.3 Å². The lowest BCUT2D eigenvalue weighted by molar-refractivity contribution is 0.457. The van der Waals surface area contributed by atoms with Gasteiger partial charge in [0.1, 0.15) is 5.54 Å². The Hall–Kier alpha value is -2.37. The summed E-state index contributed by atoms with van der Waals surface area (Å²) in [7, 11) is -3.52. The molecule has 1 atom stereocenters. The van der Waals surface area contributed by atoms with Crippen molar-refractivity contribution in [3.05, 3.63) is 46.2 Å². The topological polar surface area (TPSA) is 99.5 Å². The molecule has 8 heteroatoms. The first-order valence-electron chi connectivity index (χ1n) is 8.24. The standard InChI is InChI=1S/C18H20N4O2S2/c1-3-7-22-17(20)21-18(2,12-26(22,23)24)16-9-15(11-25-16)14-6-4-5-13(8-14)10-19/h4-6,8-9,11H,3,7,12H2,1-2H3,(H2,20,21)/t18-/m0/s1. The van der Waals surface area contributed by atoms with E-state index in [2.05, 4.69) is 11.1 Å². The highest BCUT2D eigenvalue weighted by atomic mass is 32.2. The van der Waals surface area contributed by atoms with Gasteiger partial charge in [0.2, 0.25) is 16.0 Å². The van der Waals surface area contributed by atoms with Gasteiger partial charge in [-0.15, -0.1) is 11.3 Å². The quantitative estimate of drug-likeness (QED) is 0.870. The van der Waals surface area contributed by atoms with Crippen molar-refractivity contribution in [2.75, 3.05) is 12.3 Å². The number of sulfonamides is 1. The van der Waals surface area contributed by atoms with E-state index in [-0.39, 0.29) is 11.7 Å². The fourth-order valence-corrected chi connectivity index (χ4v) is 6.03. The summed E-state index contributed by atoms with van der Waals surface area (Å²) in [5, 5.41) is 11.0. The van der Waals surface area contributed by atoms with Gasteiger partial charge in [-0.1, -0.05) is 19.1 Å². The summed E-state index contributed by atoms with van der Waals surface area (Å²) < 4.78 is 26.5. The first kappa shape index (κ1) is 18.4. The van der Waals surface area contributed by atoms with Crippen LogP contribution in [0.4, 0.5) is 0 Å². The van der Waals surface area contributed by atoms with Crippen LogP contribution in [-0.4, -0.2) is 31.0 Å². The molecule has 2 aromatic rings. The monoisotopic (exact) mass is 388 g/mol. The normalized spacial score (nSPS) is 21.9. The van der Waals surface area contributed by atoms with Gasteiger partial charge in [-0.25, -0.2) is 17.7 Å². The number of aliphatic imine (C=N–C) groups is 1. The molecule has 0 radical (unpaired) electrons. The van der Waals surface area contributed by atoms with Gasteiger partial charge in [0.05, 0.1) is 17.4 Å². The van der Waals surface area contributed by atoms with E-state index in [0.717, 1.165) is 16.0 Å². The highest BCUT2D eigenvalue weighted by Crippen LogP contribution is 2.38. The van der Waals surface area contributed by atoms with Crippen molar-refractivity contribution in [1.29, 1.82) is 5.26 Å². The second-order valence-electron chi connectivity index (χ2n) is 6.46. The molecule has 0 amide bonds. The van der Waals surface area contributed by atoms with Gasteiger partial charge in [0.15, 0.2) is 0 Å². The average Bonchev–Trinajstić information content (AvgIpc) is 3.09. The predicted molar refractivity (Wildman–Crippen MR) is 104 cm³/mol. The highest BCUT2D eigenvalue weighted by molar-refractivity contribution is 7.89. The molecular weight excluding hydrogens is 368 g/mol. The summed E-state index contributed by atoms with van der Waals surface area (Å²) >= 11 is 1.45. The van der Waals surface area contributed by atoms with Crippen LogP contribution < -0.4 is 5.73 Å². The van der Waals surface area contributed by atoms with Crippen LogP contribution in [0.25, 0.3) is 11.1 Å². The van der Waals surface area contributed by atoms with Crippen LogP contribution in [0, 0.1) is 11.3 Å². The summed E-state index contributed by atoms with van der Waals surface area (Å²) in [5.74, 6) is -0.0687. The molecule has 1 aromatic carbocycles. The molecule has 0 aliphatic carbocycles. The predicted octanol–water partition coefficient (Wildman–Crippen LogP) is 2.87. The first-order valence-corrected chi connectivity index (χ1v) is 10.7. The molecule has 0 unspecified atom stereocenters. The Morgan fingerprint density at radius 2 is 2.15 bits per heavy atom. The molecule has 0 spiro atoms. The Balaban J connectivity index is 2.00. The number of benzene rings is 1.